The first kappa shape index (κ1) is 26.8. The first-order valence-electron chi connectivity index (χ1n) is 11.8. The number of benzene rings is 1. The zero-order chi connectivity index (χ0) is 25.5. The molecule has 188 valence electrons. The number of anilines is 2. The molecule has 0 amide bonds. The van der Waals surface area contributed by atoms with E-state index in [2.05, 4.69) is 37.7 Å². The van der Waals surface area contributed by atoms with Crippen molar-refractivity contribution < 1.29 is 9.13 Å². The average Bonchev–Trinajstić information content (AvgIpc) is 2.88. The molecule has 3 N–H and O–H groups in total. The number of amidine groups is 1. The highest BCUT2D eigenvalue weighted by Crippen LogP contribution is 2.33. The van der Waals surface area contributed by atoms with E-state index in [0.29, 0.717) is 23.1 Å². The molecule has 0 fully saturated rings. The Balaban J connectivity index is 2.26. The molecule has 0 saturated heterocycles. The Labute approximate surface area is 211 Å². The molecule has 3 rings (SSSR count). The van der Waals surface area contributed by atoms with Gasteiger partial charge in [-0.1, -0.05) is 32.9 Å². The van der Waals surface area contributed by atoms with Crippen LogP contribution in [0.25, 0.3) is 0 Å². The van der Waals surface area contributed by atoms with Gasteiger partial charge < -0.3 is 15.9 Å². The van der Waals surface area contributed by atoms with E-state index in [-0.39, 0.29) is 23.8 Å². The van der Waals surface area contributed by atoms with Gasteiger partial charge in [0.05, 0.1) is 17.9 Å². The van der Waals surface area contributed by atoms with Gasteiger partial charge >= 0.3 is 0 Å². The highest BCUT2D eigenvalue weighted by molar-refractivity contribution is 6.21. The molecule has 1 aliphatic heterocycles. The number of hydrogen-bond donors (Lipinski definition) is 2. The molecule has 0 radical (unpaired) electrons. The molecule has 35 heavy (non-hydrogen) atoms. The zero-order valence-electron chi connectivity index (χ0n) is 20.6. The second kappa shape index (κ2) is 12.2. The van der Waals surface area contributed by atoms with Crippen LogP contribution in [0.3, 0.4) is 0 Å². The van der Waals surface area contributed by atoms with Crippen molar-refractivity contribution in [2.45, 2.75) is 45.8 Å². The molecule has 1 aromatic carbocycles. The van der Waals surface area contributed by atoms with Gasteiger partial charge in [0.25, 0.3) is 0 Å². The van der Waals surface area contributed by atoms with Gasteiger partial charge in [0, 0.05) is 29.9 Å². The van der Waals surface area contributed by atoms with Crippen LogP contribution in [0.4, 0.5) is 15.9 Å². The Morgan fingerprint density at radius 3 is 2.43 bits per heavy atom. The molecule has 2 heterocycles. The monoisotopic (exact) mass is 500 g/mol. The van der Waals surface area contributed by atoms with Gasteiger partial charge in [-0.3, -0.25) is 9.89 Å². The molecule has 0 aliphatic carbocycles. The number of hydrogen-bond acceptors (Lipinski definition) is 7. The summed E-state index contributed by atoms with van der Waals surface area (Å²) < 4.78 is 18.8. The minimum absolute atomic E-state index is 0.00955. The number of halogens is 2. The second-order valence-electron chi connectivity index (χ2n) is 9.05. The number of ether oxygens (including phenoxy) is 1. The molecule has 6 atom stereocenters. The van der Waals surface area contributed by atoms with E-state index in [4.69, 9.17) is 32.5 Å². The Morgan fingerprint density at radius 1 is 1.11 bits per heavy atom. The third-order valence-corrected chi connectivity index (χ3v) is 7.42. The maximum absolute atomic E-state index is 13.4. The molecule has 0 spiro atoms. The van der Waals surface area contributed by atoms with Crippen molar-refractivity contribution in [3.63, 3.8) is 0 Å². The van der Waals surface area contributed by atoms with Crippen LogP contribution >= 0.6 is 11.6 Å². The molecular formula is C26H34ClFN6O. The Bertz CT molecular complexity index is 1050. The van der Waals surface area contributed by atoms with Gasteiger partial charge in [0.1, 0.15) is 11.7 Å². The maximum atomic E-state index is 13.4. The molecule has 1 unspecified atom stereocenters. The first-order valence-corrected chi connectivity index (χ1v) is 12.3. The van der Waals surface area contributed by atoms with Gasteiger partial charge in [-0.25, -0.2) is 14.4 Å². The van der Waals surface area contributed by atoms with Crippen molar-refractivity contribution in [3.05, 3.63) is 53.7 Å². The molecule has 0 bridgehead atoms. The Kier molecular flexibility index (Phi) is 9.34. The number of nitrogens with zero attached hydrogens (tertiary/aromatic N) is 4. The summed E-state index contributed by atoms with van der Waals surface area (Å²) >= 11 is 6.00. The number of aliphatic imine (C=N–C) groups is 2. The van der Waals surface area contributed by atoms with E-state index >= 15 is 0 Å². The number of nitrogens with one attached hydrogen (secondary N) is 1. The van der Waals surface area contributed by atoms with E-state index < -0.39 is 19.0 Å². The van der Waals surface area contributed by atoms with Gasteiger partial charge in [0.2, 0.25) is 0 Å². The summed E-state index contributed by atoms with van der Waals surface area (Å²) in [5, 5.41) is 8.07. The van der Waals surface area contributed by atoms with Crippen LogP contribution in [0, 0.1) is 29.1 Å². The second-order valence-corrected chi connectivity index (χ2v) is 9.32. The number of rotatable bonds is 6. The molecular weight excluding hydrogens is 467 g/mol. The molecule has 2 aromatic rings. The third kappa shape index (κ3) is 6.05. The molecule has 7 nitrogen and oxygen atoms in total. The van der Waals surface area contributed by atoms with E-state index in [1.54, 1.807) is 12.5 Å². The quantitative estimate of drug-likeness (QED) is 0.402. The third-order valence-electron chi connectivity index (χ3n) is 7.11. The lowest BCUT2D eigenvalue weighted by Gasteiger charge is -2.34. The van der Waals surface area contributed by atoms with Crippen molar-refractivity contribution in [2.75, 3.05) is 17.5 Å². The Morgan fingerprint density at radius 2 is 1.83 bits per heavy atom. The highest BCUT2D eigenvalue weighted by atomic mass is 35.5. The van der Waals surface area contributed by atoms with Crippen molar-refractivity contribution in [3.8, 4) is 0 Å². The number of alkyl halides is 2. The molecule has 1 aromatic heterocycles. The minimum Gasteiger partial charge on any atom is -0.383 e. The average molecular weight is 501 g/mol. The lowest BCUT2D eigenvalue weighted by molar-refractivity contribution is -0.0316. The first-order chi connectivity index (χ1) is 16.8. The predicted octanol–water partition coefficient (Wildman–Crippen LogP) is 5.53. The summed E-state index contributed by atoms with van der Waals surface area (Å²) in [4.78, 5) is 15.8. The van der Waals surface area contributed by atoms with Crippen LogP contribution in [0.2, 0.25) is 0 Å². The summed E-state index contributed by atoms with van der Waals surface area (Å²) in [6.07, 6.45) is 3.66. The summed E-state index contributed by atoms with van der Waals surface area (Å²) in [5.74, 6) is 1.21. The number of nitrogens with two attached hydrogens (primary N) is 1. The summed E-state index contributed by atoms with van der Waals surface area (Å²) in [7, 11) is 0. The van der Waals surface area contributed by atoms with Gasteiger partial charge in [-0.2, -0.15) is 0 Å². The summed E-state index contributed by atoms with van der Waals surface area (Å²) in [5.41, 5.74) is 8.69. The van der Waals surface area contributed by atoms with Crippen LogP contribution in [0.5, 0.6) is 0 Å². The predicted molar refractivity (Wildman–Crippen MR) is 142 cm³/mol. The van der Waals surface area contributed by atoms with Crippen LogP contribution in [-0.4, -0.2) is 42.5 Å². The van der Waals surface area contributed by atoms with Crippen LogP contribution < -0.4 is 10.6 Å². The fraction of sp³-hybridized carbons (Fsp3) is 0.462. The topological polar surface area (TPSA) is 100.0 Å². The fourth-order valence-corrected chi connectivity index (χ4v) is 4.56. The minimum atomic E-state index is -1.000. The van der Waals surface area contributed by atoms with Crippen LogP contribution in [0.15, 0.2) is 52.6 Å². The SMILES string of the molecule is C[C@@H]1[C@@H](C)[C@@H](C=N)C(OCF)N=CN(c2ccc(CCl)cc2)C(c2cccnc2N)=N[C@@H](C)[C@H]1C. The van der Waals surface area contributed by atoms with Crippen molar-refractivity contribution in [2.24, 2.45) is 33.7 Å². The van der Waals surface area contributed by atoms with Gasteiger partial charge in [-0.05, 0) is 54.5 Å². The maximum Gasteiger partial charge on any atom is 0.190 e. The van der Waals surface area contributed by atoms with Crippen LogP contribution in [0.1, 0.15) is 38.8 Å². The lowest BCUT2D eigenvalue weighted by atomic mass is 9.75. The number of nitrogen functional groups attached to an aromatic ring is 1. The summed E-state index contributed by atoms with van der Waals surface area (Å²) in [6.45, 7) is 7.40. The van der Waals surface area contributed by atoms with E-state index in [0.717, 1.165) is 11.3 Å². The number of aromatic nitrogens is 1. The van der Waals surface area contributed by atoms with E-state index in [9.17, 15) is 4.39 Å². The molecule has 0 saturated carbocycles. The highest BCUT2D eigenvalue weighted by Gasteiger charge is 2.34. The van der Waals surface area contributed by atoms with Crippen molar-refractivity contribution >= 4 is 41.5 Å². The van der Waals surface area contributed by atoms with Crippen LogP contribution in [-0.2, 0) is 10.6 Å². The van der Waals surface area contributed by atoms with Crippen molar-refractivity contribution in [1.82, 2.24) is 4.98 Å². The van der Waals surface area contributed by atoms with Crippen molar-refractivity contribution in [1.29, 1.82) is 5.41 Å². The molecule has 9 heteroatoms. The summed E-state index contributed by atoms with van der Waals surface area (Å²) in [6, 6.07) is 11.3. The zero-order valence-corrected chi connectivity index (χ0v) is 21.4. The lowest BCUT2D eigenvalue weighted by Crippen LogP contribution is -2.36. The van der Waals surface area contributed by atoms with E-state index in [1.807, 2.05) is 41.3 Å². The fourth-order valence-electron chi connectivity index (χ4n) is 4.38. The largest absolute Gasteiger partial charge is 0.383 e. The van der Waals surface area contributed by atoms with E-state index in [1.165, 1.54) is 6.21 Å². The molecule has 1 aliphatic rings. The van der Waals surface area contributed by atoms with Gasteiger partial charge in [-0.15, -0.1) is 11.6 Å². The smallest absolute Gasteiger partial charge is 0.190 e. The normalized spacial score (nSPS) is 27.7. The van der Waals surface area contributed by atoms with Gasteiger partial charge in [0.15, 0.2) is 13.1 Å². The standard InChI is InChI=1S/C26H34ClFN6O/c1-16-17(2)19(4)33-25(22-6-5-11-31-24(22)30)34(21-9-7-20(12-27)8-10-21)15-32-26(35-14-28)23(13-29)18(16)3/h5-11,13,15-19,23,26,29H,12,14H2,1-4H3,(H2,30,31)/t16-,17-,18+,19-,23+,26?/m0/s1. The Hall–Kier alpha value is -2.84. The number of pyridine rings is 1.